The second-order valence-electron chi connectivity index (χ2n) is 6.58. The molecule has 0 saturated carbocycles. The van der Waals surface area contributed by atoms with Crippen LogP contribution in [0, 0.1) is 6.92 Å². The van der Waals surface area contributed by atoms with Gasteiger partial charge in [0.15, 0.2) is 0 Å². The lowest BCUT2D eigenvalue weighted by molar-refractivity contribution is -0.144. The summed E-state index contributed by atoms with van der Waals surface area (Å²) < 4.78 is 7.58. The average Bonchev–Trinajstić information content (AvgIpc) is 2.95. The van der Waals surface area contributed by atoms with Crippen LogP contribution in [-0.4, -0.2) is 50.5 Å². The Bertz CT molecular complexity index is 697. The minimum Gasteiger partial charge on any atom is -0.486 e. The molecule has 0 unspecified atom stereocenters. The van der Waals surface area contributed by atoms with Crippen molar-refractivity contribution in [3.63, 3.8) is 0 Å². The van der Waals surface area contributed by atoms with E-state index >= 15 is 0 Å². The zero-order chi connectivity index (χ0) is 17.2. The van der Waals surface area contributed by atoms with Gasteiger partial charge in [-0.05, 0) is 38.0 Å². The number of amides is 1. The molecule has 0 bridgehead atoms. The first kappa shape index (κ1) is 16.5. The number of carbonyl (C=O) groups is 1. The molecule has 0 radical (unpaired) electrons. The predicted octanol–water partition coefficient (Wildman–Crippen LogP) is 1.62. The maximum absolute atomic E-state index is 12.5. The summed E-state index contributed by atoms with van der Waals surface area (Å²) in [5.41, 5.74) is 0.0595. The van der Waals surface area contributed by atoms with Crippen molar-refractivity contribution in [2.24, 2.45) is 0 Å². The minimum absolute atomic E-state index is 0.0183. The highest BCUT2D eigenvalue weighted by atomic mass is 16.5. The van der Waals surface area contributed by atoms with Crippen LogP contribution in [0.2, 0.25) is 0 Å². The topological polar surface area (TPSA) is 67.6 Å². The molecule has 2 aromatic rings. The van der Waals surface area contributed by atoms with E-state index in [4.69, 9.17) is 4.74 Å². The minimum atomic E-state index is -0.963. The fourth-order valence-corrected chi connectivity index (χ4v) is 2.86. The number of aryl methyl sites for hydroxylation is 1. The average molecular weight is 329 g/mol. The van der Waals surface area contributed by atoms with Gasteiger partial charge in [0.25, 0.3) is 0 Å². The summed E-state index contributed by atoms with van der Waals surface area (Å²) in [5.74, 6) is 0.676. The second-order valence-corrected chi connectivity index (χ2v) is 6.58. The number of hydrogen-bond acceptors (Lipinski definition) is 4. The van der Waals surface area contributed by atoms with E-state index in [2.05, 4.69) is 5.10 Å². The van der Waals surface area contributed by atoms with Crippen LogP contribution < -0.4 is 4.74 Å². The van der Waals surface area contributed by atoms with Gasteiger partial charge in [-0.25, -0.2) is 0 Å². The Morgan fingerprint density at radius 1 is 1.42 bits per heavy atom. The van der Waals surface area contributed by atoms with Gasteiger partial charge in [0.2, 0.25) is 5.91 Å². The summed E-state index contributed by atoms with van der Waals surface area (Å²) in [6, 6.07) is 9.38. The standard InChI is InChI=1S/C18H23N3O3/c1-14-10-19-21(11-14)13-17(22)20-9-8-18(2,23)16(12-20)24-15-6-4-3-5-7-15/h3-7,10-11,16,23H,8-9,12-13H2,1-2H3/t16-,18-/m1/s1. The molecular weight excluding hydrogens is 306 g/mol. The number of para-hydroxylation sites is 1. The van der Waals surface area contributed by atoms with Crippen LogP contribution in [0.1, 0.15) is 18.9 Å². The molecule has 3 rings (SSSR count). The van der Waals surface area contributed by atoms with Crippen molar-refractivity contribution in [1.29, 1.82) is 0 Å². The van der Waals surface area contributed by atoms with Gasteiger partial charge in [0.1, 0.15) is 24.0 Å². The molecule has 1 amide bonds. The molecule has 0 aliphatic carbocycles. The number of benzene rings is 1. The van der Waals surface area contributed by atoms with Gasteiger partial charge in [-0.1, -0.05) is 18.2 Å². The van der Waals surface area contributed by atoms with Crippen molar-refractivity contribution in [2.75, 3.05) is 13.1 Å². The van der Waals surface area contributed by atoms with Crippen LogP contribution in [0.4, 0.5) is 0 Å². The number of nitrogens with zero attached hydrogens (tertiary/aromatic N) is 3. The van der Waals surface area contributed by atoms with E-state index < -0.39 is 11.7 Å². The smallest absolute Gasteiger partial charge is 0.244 e. The van der Waals surface area contributed by atoms with Crippen LogP contribution >= 0.6 is 0 Å². The molecule has 1 aromatic heterocycles. The van der Waals surface area contributed by atoms with Crippen molar-refractivity contribution in [1.82, 2.24) is 14.7 Å². The van der Waals surface area contributed by atoms with Crippen molar-refractivity contribution in [2.45, 2.75) is 38.5 Å². The first-order valence-electron chi connectivity index (χ1n) is 8.15. The highest BCUT2D eigenvalue weighted by Gasteiger charge is 2.40. The number of hydrogen-bond donors (Lipinski definition) is 1. The summed E-state index contributed by atoms with van der Waals surface area (Å²) in [5, 5.41) is 14.8. The highest BCUT2D eigenvalue weighted by Crippen LogP contribution is 2.26. The number of carbonyl (C=O) groups excluding carboxylic acids is 1. The third-order valence-electron chi connectivity index (χ3n) is 4.40. The Balaban J connectivity index is 1.67. The lowest BCUT2D eigenvalue weighted by Gasteiger charge is -2.42. The maximum atomic E-state index is 12.5. The van der Waals surface area contributed by atoms with Crippen molar-refractivity contribution in [3.8, 4) is 5.75 Å². The molecule has 2 atom stereocenters. The van der Waals surface area contributed by atoms with Crippen LogP contribution in [0.5, 0.6) is 5.75 Å². The normalized spacial score (nSPS) is 24.0. The molecule has 2 heterocycles. The van der Waals surface area contributed by atoms with Crippen LogP contribution in [0.15, 0.2) is 42.7 Å². The summed E-state index contributed by atoms with van der Waals surface area (Å²) in [4.78, 5) is 14.3. The zero-order valence-corrected chi connectivity index (χ0v) is 14.1. The molecule has 6 heteroatoms. The van der Waals surface area contributed by atoms with Gasteiger partial charge in [-0.15, -0.1) is 0 Å². The fraction of sp³-hybridized carbons (Fsp3) is 0.444. The maximum Gasteiger partial charge on any atom is 0.244 e. The summed E-state index contributed by atoms with van der Waals surface area (Å²) in [6.07, 6.45) is 3.59. The van der Waals surface area contributed by atoms with Crippen LogP contribution in [0.25, 0.3) is 0 Å². The van der Waals surface area contributed by atoms with Crippen molar-refractivity contribution < 1.29 is 14.6 Å². The lowest BCUT2D eigenvalue weighted by Crippen LogP contribution is -2.58. The molecular formula is C18H23N3O3. The molecule has 0 spiro atoms. The molecule has 1 N–H and O–H groups in total. The van der Waals surface area contributed by atoms with E-state index in [-0.39, 0.29) is 12.5 Å². The van der Waals surface area contributed by atoms with E-state index in [1.54, 1.807) is 22.7 Å². The van der Waals surface area contributed by atoms with Gasteiger partial charge in [0.05, 0.1) is 12.7 Å². The summed E-state index contributed by atoms with van der Waals surface area (Å²) in [6.45, 7) is 4.78. The summed E-state index contributed by atoms with van der Waals surface area (Å²) >= 11 is 0. The zero-order valence-electron chi connectivity index (χ0n) is 14.1. The first-order chi connectivity index (χ1) is 11.4. The van der Waals surface area contributed by atoms with Gasteiger partial charge in [-0.2, -0.15) is 5.10 Å². The predicted molar refractivity (Wildman–Crippen MR) is 89.6 cm³/mol. The Hall–Kier alpha value is -2.34. The van der Waals surface area contributed by atoms with E-state index in [1.165, 1.54) is 0 Å². The first-order valence-corrected chi connectivity index (χ1v) is 8.15. The molecule has 1 saturated heterocycles. The quantitative estimate of drug-likeness (QED) is 0.926. The Labute approximate surface area is 141 Å². The van der Waals surface area contributed by atoms with Gasteiger partial charge in [-0.3, -0.25) is 9.48 Å². The SMILES string of the molecule is Cc1cnn(CC(=O)N2CC[C@@](C)(O)[C@H](Oc3ccccc3)C2)c1. The molecule has 24 heavy (non-hydrogen) atoms. The number of ether oxygens (including phenoxy) is 1. The number of piperidine rings is 1. The second kappa shape index (κ2) is 6.65. The Morgan fingerprint density at radius 2 is 2.17 bits per heavy atom. The number of aliphatic hydroxyl groups is 1. The van der Waals surface area contributed by atoms with Gasteiger partial charge in [0, 0.05) is 12.7 Å². The largest absolute Gasteiger partial charge is 0.486 e. The third kappa shape index (κ3) is 3.76. The lowest BCUT2D eigenvalue weighted by atomic mass is 9.90. The fourth-order valence-electron chi connectivity index (χ4n) is 2.86. The van der Waals surface area contributed by atoms with E-state index in [9.17, 15) is 9.90 Å². The van der Waals surface area contributed by atoms with E-state index in [0.717, 1.165) is 5.56 Å². The number of aromatic nitrogens is 2. The monoisotopic (exact) mass is 329 g/mol. The van der Waals surface area contributed by atoms with Crippen LogP contribution in [0.3, 0.4) is 0 Å². The molecule has 6 nitrogen and oxygen atoms in total. The van der Waals surface area contributed by atoms with Gasteiger partial charge < -0.3 is 14.7 Å². The molecule has 1 fully saturated rings. The molecule has 1 aromatic carbocycles. The van der Waals surface area contributed by atoms with Crippen molar-refractivity contribution in [3.05, 3.63) is 48.3 Å². The molecule has 128 valence electrons. The Kier molecular flexibility index (Phi) is 4.57. The number of likely N-dealkylation sites (tertiary alicyclic amines) is 1. The van der Waals surface area contributed by atoms with Crippen molar-refractivity contribution >= 4 is 5.91 Å². The summed E-state index contributed by atoms with van der Waals surface area (Å²) in [7, 11) is 0. The number of rotatable bonds is 4. The third-order valence-corrected chi connectivity index (χ3v) is 4.40. The molecule has 1 aliphatic rings. The van der Waals surface area contributed by atoms with Crippen LogP contribution in [-0.2, 0) is 11.3 Å². The van der Waals surface area contributed by atoms with E-state index in [1.807, 2.05) is 43.5 Å². The van der Waals surface area contributed by atoms with E-state index in [0.29, 0.717) is 25.3 Å². The Morgan fingerprint density at radius 3 is 2.83 bits per heavy atom. The highest BCUT2D eigenvalue weighted by molar-refractivity contribution is 5.76. The molecule has 1 aliphatic heterocycles. The van der Waals surface area contributed by atoms with Gasteiger partial charge >= 0.3 is 0 Å².